The molecule has 2 nitrogen and oxygen atoms in total. The van der Waals surface area contributed by atoms with E-state index in [1.165, 1.54) is 32.1 Å². The number of ether oxygens (including phenoxy) is 1. The van der Waals surface area contributed by atoms with Crippen LogP contribution in [-0.4, -0.2) is 26.8 Å². The summed E-state index contributed by atoms with van der Waals surface area (Å²) in [4.78, 5) is 0. The van der Waals surface area contributed by atoms with Crippen molar-refractivity contribution in [1.82, 2.24) is 5.32 Å². The van der Waals surface area contributed by atoms with Gasteiger partial charge in [-0.15, -0.1) is 0 Å². The molecule has 0 bridgehead atoms. The van der Waals surface area contributed by atoms with E-state index >= 15 is 0 Å². The normalized spacial score (nSPS) is 29.5. The molecule has 1 N–H and O–H groups in total. The van der Waals surface area contributed by atoms with Gasteiger partial charge in [0.2, 0.25) is 0 Å². The fourth-order valence-corrected chi connectivity index (χ4v) is 2.25. The maximum absolute atomic E-state index is 5.05. The highest BCUT2D eigenvalue weighted by Crippen LogP contribution is 2.28. The lowest BCUT2D eigenvalue weighted by atomic mass is 9.98. The summed E-state index contributed by atoms with van der Waals surface area (Å²) < 4.78 is 5.05. The van der Waals surface area contributed by atoms with Crippen LogP contribution in [-0.2, 0) is 4.74 Å². The molecule has 72 valence electrons. The molecule has 1 rings (SSSR count). The van der Waals surface area contributed by atoms with Crippen LogP contribution < -0.4 is 5.32 Å². The van der Waals surface area contributed by atoms with Crippen molar-refractivity contribution in [2.45, 2.75) is 38.1 Å². The summed E-state index contributed by atoms with van der Waals surface area (Å²) in [6.45, 7) is 0.924. The summed E-state index contributed by atoms with van der Waals surface area (Å²) in [5.41, 5.74) is 0. The molecule has 1 saturated carbocycles. The van der Waals surface area contributed by atoms with E-state index in [4.69, 9.17) is 4.74 Å². The second-order valence-electron chi connectivity index (χ2n) is 3.72. The van der Waals surface area contributed by atoms with Gasteiger partial charge in [-0.3, -0.25) is 0 Å². The standard InChI is InChI=1S/C10H21NO/c1-11-10-7-3-5-9(10)6-4-8-12-2/h9-11H,3-8H2,1-2H3. The van der Waals surface area contributed by atoms with Gasteiger partial charge in [0.15, 0.2) is 0 Å². The van der Waals surface area contributed by atoms with Crippen molar-refractivity contribution in [1.29, 1.82) is 0 Å². The highest BCUT2D eigenvalue weighted by Gasteiger charge is 2.24. The minimum Gasteiger partial charge on any atom is -0.385 e. The molecule has 0 amide bonds. The zero-order valence-corrected chi connectivity index (χ0v) is 8.31. The van der Waals surface area contributed by atoms with E-state index < -0.39 is 0 Å². The Labute approximate surface area is 75.7 Å². The predicted molar refractivity (Wildman–Crippen MR) is 51.3 cm³/mol. The van der Waals surface area contributed by atoms with Crippen LogP contribution in [0, 0.1) is 5.92 Å². The Hall–Kier alpha value is -0.0800. The predicted octanol–water partition coefficient (Wildman–Crippen LogP) is 1.80. The van der Waals surface area contributed by atoms with Crippen molar-refractivity contribution >= 4 is 0 Å². The van der Waals surface area contributed by atoms with Gasteiger partial charge in [-0.25, -0.2) is 0 Å². The number of methoxy groups -OCH3 is 1. The molecule has 0 spiro atoms. The molecule has 2 unspecified atom stereocenters. The van der Waals surface area contributed by atoms with Gasteiger partial charge < -0.3 is 10.1 Å². The van der Waals surface area contributed by atoms with Gasteiger partial charge >= 0.3 is 0 Å². The third-order valence-corrected chi connectivity index (χ3v) is 2.95. The van der Waals surface area contributed by atoms with Crippen LogP contribution in [0.5, 0.6) is 0 Å². The van der Waals surface area contributed by atoms with Crippen LogP contribution in [0.2, 0.25) is 0 Å². The summed E-state index contributed by atoms with van der Waals surface area (Å²) in [5, 5.41) is 3.40. The zero-order valence-electron chi connectivity index (χ0n) is 8.31. The third kappa shape index (κ3) is 2.76. The topological polar surface area (TPSA) is 21.3 Å². The van der Waals surface area contributed by atoms with E-state index in [1.807, 2.05) is 0 Å². The first-order chi connectivity index (χ1) is 5.88. The van der Waals surface area contributed by atoms with Crippen molar-refractivity contribution in [2.75, 3.05) is 20.8 Å². The van der Waals surface area contributed by atoms with Crippen molar-refractivity contribution in [3.63, 3.8) is 0 Å². The van der Waals surface area contributed by atoms with Gasteiger partial charge in [0.05, 0.1) is 0 Å². The maximum atomic E-state index is 5.05. The molecular formula is C10H21NO. The summed E-state index contributed by atoms with van der Waals surface area (Å²) in [6.07, 6.45) is 6.74. The quantitative estimate of drug-likeness (QED) is 0.637. The molecule has 0 aromatic rings. The molecule has 12 heavy (non-hydrogen) atoms. The maximum Gasteiger partial charge on any atom is 0.0462 e. The van der Waals surface area contributed by atoms with Gasteiger partial charge in [0.1, 0.15) is 0 Å². The van der Waals surface area contributed by atoms with Crippen molar-refractivity contribution in [3.8, 4) is 0 Å². The summed E-state index contributed by atoms with van der Waals surface area (Å²) >= 11 is 0. The lowest BCUT2D eigenvalue weighted by Crippen LogP contribution is -2.28. The Bertz CT molecular complexity index is 116. The van der Waals surface area contributed by atoms with Crippen molar-refractivity contribution in [3.05, 3.63) is 0 Å². The first kappa shape index (κ1) is 10.0. The zero-order chi connectivity index (χ0) is 8.81. The van der Waals surface area contributed by atoms with Crippen LogP contribution in [0.25, 0.3) is 0 Å². The molecule has 1 fully saturated rings. The van der Waals surface area contributed by atoms with Gasteiger partial charge in [-0.05, 0) is 38.6 Å². The Morgan fingerprint density at radius 1 is 1.42 bits per heavy atom. The smallest absolute Gasteiger partial charge is 0.0462 e. The van der Waals surface area contributed by atoms with Gasteiger partial charge in [-0.1, -0.05) is 6.42 Å². The van der Waals surface area contributed by atoms with Crippen molar-refractivity contribution < 1.29 is 4.74 Å². The van der Waals surface area contributed by atoms with E-state index in [1.54, 1.807) is 7.11 Å². The van der Waals surface area contributed by atoms with Crippen LogP contribution in [0.3, 0.4) is 0 Å². The molecule has 0 saturated heterocycles. The third-order valence-electron chi connectivity index (χ3n) is 2.95. The van der Waals surface area contributed by atoms with E-state index in [0.29, 0.717) is 0 Å². The van der Waals surface area contributed by atoms with Crippen LogP contribution in [0.1, 0.15) is 32.1 Å². The molecule has 0 aromatic heterocycles. The van der Waals surface area contributed by atoms with Crippen LogP contribution in [0.4, 0.5) is 0 Å². The molecule has 2 heteroatoms. The summed E-state index contributed by atoms with van der Waals surface area (Å²) in [6, 6.07) is 0.779. The SMILES string of the molecule is CNC1CCCC1CCCOC. The first-order valence-corrected chi connectivity index (χ1v) is 5.04. The average molecular weight is 171 g/mol. The number of hydrogen-bond acceptors (Lipinski definition) is 2. The Morgan fingerprint density at radius 2 is 2.25 bits per heavy atom. The van der Waals surface area contributed by atoms with E-state index in [0.717, 1.165) is 18.6 Å². The Balaban J connectivity index is 2.12. The molecule has 1 aliphatic carbocycles. The lowest BCUT2D eigenvalue weighted by Gasteiger charge is -2.18. The minimum atomic E-state index is 0.779. The fraction of sp³-hybridized carbons (Fsp3) is 1.00. The second kappa shape index (κ2) is 5.55. The summed E-state index contributed by atoms with van der Waals surface area (Å²) in [5.74, 6) is 0.908. The van der Waals surface area contributed by atoms with Gasteiger partial charge in [0.25, 0.3) is 0 Å². The van der Waals surface area contributed by atoms with Gasteiger partial charge in [0, 0.05) is 19.8 Å². The molecule has 0 aliphatic heterocycles. The average Bonchev–Trinajstić information content (AvgIpc) is 2.52. The highest BCUT2D eigenvalue weighted by atomic mass is 16.5. The minimum absolute atomic E-state index is 0.779. The highest BCUT2D eigenvalue weighted by molar-refractivity contribution is 4.81. The molecule has 1 aliphatic rings. The molecule has 0 heterocycles. The number of hydrogen-bond donors (Lipinski definition) is 1. The Kier molecular flexibility index (Phi) is 4.62. The van der Waals surface area contributed by atoms with Crippen LogP contribution >= 0.6 is 0 Å². The molecule has 2 atom stereocenters. The lowest BCUT2D eigenvalue weighted by molar-refractivity contribution is 0.184. The number of rotatable bonds is 5. The summed E-state index contributed by atoms with van der Waals surface area (Å²) in [7, 11) is 3.86. The van der Waals surface area contributed by atoms with Gasteiger partial charge in [-0.2, -0.15) is 0 Å². The first-order valence-electron chi connectivity index (χ1n) is 5.04. The molecule has 0 aromatic carbocycles. The molecular weight excluding hydrogens is 150 g/mol. The van der Waals surface area contributed by atoms with E-state index in [2.05, 4.69) is 12.4 Å². The Morgan fingerprint density at radius 3 is 2.92 bits per heavy atom. The van der Waals surface area contributed by atoms with E-state index in [-0.39, 0.29) is 0 Å². The van der Waals surface area contributed by atoms with Crippen LogP contribution in [0.15, 0.2) is 0 Å². The monoisotopic (exact) mass is 171 g/mol. The number of nitrogens with one attached hydrogen (secondary N) is 1. The molecule has 0 radical (unpaired) electrons. The fourth-order valence-electron chi connectivity index (χ4n) is 2.25. The largest absolute Gasteiger partial charge is 0.385 e. The van der Waals surface area contributed by atoms with E-state index in [9.17, 15) is 0 Å². The second-order valence-corrected chi connectivity index (χ2v) is 3.72. The van der Waals surface area contributed by atoms with Crippen molar-refractivity contribution in [2.24, 2.45) is 5.92 Å².